The van der Waals surface area contributed by atoms with Gasteiger partial charge in [-0.2, -0.15) is 10.1 Å². The third-order valence-corrected chi connectivity index (χ3v) is 3.89. The highest BCUT2D eigenvalue weighted by Gasteiger charge is 2.28. The summed E-state index contributed by atoms with van der Waals surface area (Å²) >= 11 is 0. The van der Waals surface area contributed by atoms with Crippen molar-refractivity contribution in [3.63, 3.8) is 0 Å². The molecule has 2 aromatic carbocycles. The Morgan fingerprint density at radius 2 is 1.75 bits per heavy atom. The van der Waals surface area contributed by atoms with Crippen molar-refractivity contribution in [2.75, 3.05) is 5.01 Å². The minimum atomic E-state index is -0.139. The van der Waals surface area contributed by atoms with E-state index in [1.54, 1.807) is 12.4 Å². The summed E-state index contributed by atoms with van der Waals surface area (Å²) in [5.41, 5.74) is 4.43. The van der Waals surface area contributed by atoms with Crippen molar-refractivity contribution in [2.24, 2.45) is 5.10 Å². The summed E-state index contributed by atoms with van der Waals surface area (Å²) in [4.78, 5) is 21.4. The highest BCUT2D eigenvalue weighted by molar-refractivity contribution is 6.32. The first-order chi connectivity index (χ1) is 11.7. The average molecular weight is 314 g/mol. The predicted molar refractivity (Wildman–Crippen MR) is 94.6 cm³/mol. The summed E-state index contributed by atoms with van der Waals surface area (Å²) < 4.78 is 0. The molecule has 0 saturated carbocycles. The zero-order valence-electron chi connectivity index (χ0n) is 13.0. The van der Waals surface area contributed by atoms with Gasteiger partial charge in [-0.1, -0.05) is 30.3 Å². The first-order valence-corrected chi connectivity index (χ1v) is 7.60. The summed E-state index contributed by atoms with van der Waals surface area (Å²) in [7, 11) is 0. The Kier molecular flexibility index (Phi) is 3.39. The van der Waals surface area contributed by atoms with Crippen LogP contribution >= 0.6 is 0 Å². The number of hydrazone groups is 1. The molecule has 2 heterocycles. The molecule has 0 radical (unpaired) electrons. The lowest BCUT2D eigenvalue weighted by molar-refractivity contribution is -0.114. The van der Waals surface area contributed by atoms with Crippen LogP contribution in [0.5, 0.6) is 0 Å². The van der Waals surface area contributed by atoms with Crippen molar-refractivity contribution in [3.05, 3.63) is 72.1 Å². The lowest BCUT2D eigenvalue weighted by Crippen LogP contribution is -2.21. The lowest BCUT2D eigenvalue weighted by atomic mass is 10.1. The lowest BCUT2D eigenvalue weighted by Gasteiger charge is -2.11. The molecule has 5 nitrogen and oxygen atoms in total. The van der Waals surface area contributed by atoms with Crippen LogP contribution < -0.4 is 5.01 Å². The minimum absolute atomic E-state index is 0.139. The summed E-state index contributed by atoms with van der Waals surface area (Å²) in [6.45, 7) is 1.84. The number of carbonyl (C=O) groups excluding carboxylic acids is 1. The number of aromatic nitrogens is 2. The third kappa shape index (κ3) is 2.36. The average Bonchev–Trinajstić information content (AvgIpc) is 2.91. The molecule has 0 saturated heterocycles. The number of hydrogen-bond acceptors (Lipinski definition) is 4. The van der Waals surface area contributed by atoms with E-state index < -0.39 is 0 Å². The summed E-state index contributed by atoms with van der Waals surface area (Å²) in [5, 5.41) is 5.82. The van der Waals surface area contributed by atoms with Gasteiger partial charge in [-0.15, -0.1) is 0 Å². The molecule has 1 aromatic heterocycles. The van der Waals surface area contributed by atoms with Crippen molar-refractivity contribution >= 4 is 34.4 Å². The molecule has 0 fully saturated rings. The van der Waals surface area contributed by atoms with Crippen molar-refractivity contribution in [3.8, 4) is 0 Å². The Morgan fingerprint density at radius 1 is 0.958 bits per heavy atom. The Balaban J connectivity index is 1.78. The second kappa shape index (κ2) is 5.70. The highest BCUT2D eigenvalue weighted by atomic mass is 16.2. The summed E-state index contributed by atoms with van der Waals surface area (Å²) in [5.74, 6) is -0.139. The minimum Gasteiger partial charge on any atom is -0.267 e. The van der Waals surface area contributed by atoms with Crippen LogP contribution in [0, 0.1) is 0 Å². The van der Waals surface area contributed by atoms with E-state index in [1.165, 1.54) is 5.01 Å². The molecule has 0 atom stereocenters. The van der Waals surface area contributed by atoms with E-state index in [-0.39, 0.29) is 5.91 Å². The van der Waals surface area contributed by atoms with Crippen LogP contribution in [0.1, 0.15) is 12.5 Å². The molecule has 0 aliphatic carbocycles. The van der Waals surface area contributed by atoms with Crippen LogP contribution in [0.4, 0.5) is 5.69 Å². The topological polar surface area (TPSA) is 58.5 Å². The van der Waals surface area contributed by atoms with Crippen LogP contribution in [0.15, 0.2) is 71.6 Å². The maximum atomic E-state index is 12.8. The second-order valence-electron chi connectivity index (χ2n) is 5.47. The predicted octanol–water partition coefficient (Wildman–Crippen LogP) is 3.44. The van der Waals surface area contributed by atoms with Gasteiger partial charge in [-0.05, 0) is 31.2 Å². The molecule has 1 amide bonds. The Hall–Kier alpha value is -3.34. The number of carbonyl (C=O) groups is 1. The molecule has 0 N–H and O–H groups in total. The molecule has 0 unspecified atom stereocenters. The number of hydrogen-bond donors (Lipinski definition) is 0. The van der Waals surface area contributed by atoms with E-state index in [9.17, 15) is 4.79 Å². The number of fused-ring (bicyclic) bond motifs is 1. The van der Waals surface area contributed by atoms with E-state index in [0.717, 1.165) is 22.3 Å². The van der Waals surface area contributed by atoms with Gasteiger partial charge in [0.05, 0.1) is 28.0 Å². The van der Waals surface area contributed by atoms with Gasteiger partial charge < -0.3 is 0 Å². The largest absolute Gasteiger partial charge is 0.280 e. The summed E-state index contributed by atoms with van der Waals surface area (Å²) in [6, 6.07) is 15.1. The van der Waals surface area contributed by atoms with E-state index in [1.807, 2.05) is 61.5 Å². The molecule has 24 heavy (non-hydrogen) atoms. The number of amides is 1. The molecule has 1 aliphatic rings. The van der Waals surface area contributed by atoms with Gasteiger partial charge in [0.1, 0.15) is 0 Å². The molecular formula is C19H14N4O. The molecule has 1 aliphatic heterocycles. The SMILES string of the molecule is CC1=NN(c2ccccc2)C(=O)/C1=C\c1cccc2nccnc12. The van der Waals surface area contributed by atoms with Gasteiger partial charge in [0.25, 0.3) is 5.91 Å². The fourth-order valence-corrected chi connectivity index (χ4v) is 2.72. The second-order valence-corrected chi connectivity index (χ2v) is 5.47. The van der Waals surface area contributed by atoms with Crippen molar-refractivity contribution in [2.45, 2.75) is 6.92 Å². The van der Waals surface area contributed by atoms with Gasteiger partial charge in [-0.3, -0.25) is 14.8 Å². The van der Waals surface area contributed by atoms with E-state index in [2.05, 4.69) is 15.1 Å². The summed E-state index contributed by atoms with van der Waals surface area (Å²) in [6.07, 6.45) is 5.14. The number of benzene rings is 2. The van der Waals surface area contributed by atoms with Crippen LogP contribution in [-0.2, 0) is 4.79 Å². The Bertz CT molecular complexity index is 987. The smallest absolute Gasteiger partial charge is 0.267 e. The van der Waals surface area contributed by atoms with Gasteiger partial charge in [0, 0.05) is 18.0 Å². The zero-order valence-corrected chi connectivity index (χ0v) is 13.0. The Morgan fingerprint density at radius 3 is 2.58 bits per heavy atom. The van der Waals surface area contributed by atoms with Gasteiger partial charge in [-0.25, -0.2) is 0 Å². The van der Waals surface area contributed by atoms with E-state index in [4.69, 9.17) is 0 Å². The van der Waals surface area contributed by atoms with E-state index >= 15 is 0 Å². The molecule has 0 bridgehead atoms. The maximum absolute atomic E-state index is 12.8. The first-order valence-electron chi connectivity index (χ1n) is 7.60. The first kappa shape index (κ1) is 14.3. The number of nitrogens with zero attached hydrogens (tertiary/aromatic N) is 4. The highest BCUT2D eigenvalue weighted by Crippen LogP contribution is 2.26. The van der Waals surface area contributed by atoms with Gasteiger partial charge in [0.15, 0.2) is 0 Å². The standard InChI is InChI=1S/C19H14N4O/c1-13-16(19(24)23(22-13)15-7-3-2-4-8-15)12-14-6-5-9-17-18(14)21-11-10-20-17/h2-12H,1H3/b16-12-. The number of anilines is 1. The van der Waals surface area contributed by atoms with Crippen molar-refractivity contribution in [1.29, 1.82) is 0 Å². The Labute approximate surface area is 139 Å². The van der Waals surface area contributed by atoms with Crippen LogP contribution in [0.25, 0.3) is 17.1 Å². The van der Waals surface area contributed by atoms with Crippen LogP contribution in [0.2, 0.25) is 0 Å². The monoisotopic (exact) mass is 314 g/mol. The molecule has 0 spiro atoms. The molecular weight excluding hydrogens is 300 g/mol. The normalized spacial score (nSPS) is 16.0. The third-order valence-electron chi connectivity index (χ3n) is 3.89. The fourth-order valence-electron chi connectivity index (χ4n) is 2.72. The van der Waals surface area contributed by atoms with Gasteiger partial charge >= 0.3 is 0 Å². The van der Waals surface area contributed by atoms with Gasteiger partial charge in [0.2, 0.25) is 0 Å². The molecule has 4 rings (SSSR count). The van der Waals surface area contributed by atoms with Crippen LogP contribution in [0.3, 0.4) is 0 Å². The van der Waals surface area contributed by atoms with E-state index in [0.29, 0.717) is 11.3 Å². The molecule has 3 aromatic rings. The quantitative estimate of drug-likeness (QED) is 0.681. The number of para-hydroxylation sites is 2. The maximum Gasteiger partial charge on any atom is 0.280 e. The molecule has 5 heteroatoms. The van der Waals surface area contributed by atoms with Crippen LogP contribution in [-0.4, -0.2) is 21.6 Å². The molecule has 116 valence electrons. The fraction of sp³-hybridized carbons (Fsp3) is 0.0526. The van der Waals surface area contributed by atoms with Crippen molar-refractivity contribution < 1.29 is 4.79 Å². The number of rotatable bonds is 2. The zero-order chi connectivity index (χ0) is 16.5. The van der Waals surface area contributed by atoms with Crippen molar-refractivity contribution in [1.82, 2.24) is 9.97 Å².